The van der Waals surface area contributed by atoms with Gasteiger partial charge in [-0.3, -0.25) is 10.1 Å². The van der Waals surface area contributed by atoms with Gasteiger partial charge in [-0.15, -0.1) is 0 Å². The number of benzene rings is 4. The molecule has 0 fully saturated rings. The van der Waals surface area contributed by atoms with Crippen LogP contribution >= 0.6 is 0 Å². The van der Waals surface area contributed by atoms with Gasteiger partial charge in [-0.1, -0.05) is 87.5 Å². The minimum Gasteiger partial charge on any atom is -0.506 e. The van der Waals surface area contributed by atoms with Gasteiger partial charge in [0.1, 0.15) is 11.3 Å². The maximum atomic E-state index is 12.1. The SMILES string of the molecule is CC(C)(C)[Si](C)(C)OC(CNCc1ccc2oc(CC/C=C/c3ccc(-c4ccccc4)c(NC(=O)O)c3)nc2c1)c1ccc(O)c2[nH]c(=O)ccc12. The summed E-state index contributed by atoms with van der Waals surface area (Å²) in [6.07, 6.45) is 3.88. The smallest absolute Gasteiger partial charge is 0.409 e. The monoisotopic (exact) mass is 730 g/mol. The quantitative estimate of drug-likeness (QED) is 0.0738. The second-order valence-electron chi connectivity index (χ2n) is 14.7. The summed E-state index contributed by atoms with van der Waals surface area (Å²) in [6, 6.07) is 28.1. The van der Waals surface area contributed by atoms with E-state index in [1.165, 1.54) is 6.07 Å². The van der Waals surface area contributed by atoms with Gasteiger partial charge in [0.25, 0.3) is 0 Å². The molecule has 0 bridgehead atoms. The second-order valence-corrected chi connectivity index (χ2v) is 19.5. The van der Waals surface area contributed by atoms with Crippen molar-refractivity contribution in [3.63, 3.8) is 0 Å². The number of hydrogen-bond acceptors (Lipinski definition) is 7. The number of aromatic amines is 1. The molecule has 53 heavy (non-hydrogen) atoms. The number of carbonyl (C=O) groups is 1. The number of anilines is 1. The Labute approximate surface area is 309 Å². The molecule has 0 radical (unpaired) electrons. The fourth-order valence-electron chi connectivity index (χ4n) is 6.05. The van der Waals surface area contributed by atoms with E-state index in [1.807, 2.05) is 84.9 Å². The van der Waals surface area contributed by atoms with Gasteiger partial charge in [-0.25, -0.2) is 9.78 Å². The Hall–Kier alpha value is -5.49. The van der Waals surface area contributed by atoms with Crippen LogP contribution in [0.3, 0.4) is 0 Å². The van der Waals surface area contributed by atoms with Crippen LogP contribution in [-0.4, -0.2) is 41.1 Å². The molecule has 11 heteroatoms. The normalized spacial score (nSPS) is 12.8. The fourth-order valence-corrected chi connectivity index (χ4v) is 7.33. The summed E-state index contributed by atoms with van der Waals surface area (Å²) in [6.45, 7) is 12.1. The molecule has 5 N–H and O–H groups in total. The van der Waals surface area contributed by atoms with Gasteiger partial charge in [-0.05, 0) is 77.1 Å². The lowest BCUT2D eigenvalue weighted by molar-refractivity contribution is 0.181. The standard InChI is InChI=1S/C42H46N4O6Si/c1-42(2,3)53(4,5)52-37(31-18-20-35(47)40-32(31)19-22-38(48)46-40)26-43-25-28-16-21-36-34(24-28)44-39(51-36)14-10-9-11-27-15-17-30(29-12-7-6-8-13-29)33(23-27)45-41(49)50/h6-9,11-13,15-24,37,43,45,47H,10,14,25-26H2,1-5H3,(H,46,48)(H,49,50)/b11-9+. The summed E-state index contributed by atoms with van der Waals surface area (Å²) in [5.41, 5.74) is 6.74. The van der Waals surface area contributed by atoms with Gasteiger partial charge < -0.3 is 29.4 Å². The molecule has 2 aromatic heterocycles. The van der Waals surface area contributed by atoms with Crippen molar-refractivity contribution >= 4 is 48.2 Å². The number of hydrogen-bond donors (Lipinski definition) is 5. The maximum absolute atomic E-state index is 12.1. The lowest BCUT2D eigenvalue weighted by Crippen LogP contribution is -2.43. The van der Waals surface area contributed by atoms with Gasteiger partial charge in [0.15, 0.2) is 19.8 Å². The van der Waals surface area contributed by atoms with Crippen LogP contribution in [0.5, 0.6) is 5.75 Å². The first-order chi connectivity index (χ1) is 25.3. The largest absolute Gasteiger partial charge is 0.506 e. The number of carboxylic acid groups (broad SMARTS) is 1. The molecule has 0 aliphatic rings. The number of amides is 1. The zero-order valence-corrected chi connectivity index (χ0v) is 31.7. The third-order valence-corrected chi connectivity index (χ3v) is 14.3. The first-order valence-corrected chi connectivity index (χ1v) is 20.7. The van der Waals surface area contributed by atoms with Crippen LogP contribution in [0.1, 0.15) is 55.9 Å². The number of phenolic OH excluding ortho intramolecular Hbond substituents is 1. The number of nitrogens with one attached hydrogen (secondary N) is 3. The van der Waals surface area contributed by atoms with Gasteiger partial charge in [0.2, 0.25) is 5.56 Å². The summed E-state index contributed by atoms with van der Waals surface area (Å²) in [4.78, 5) is 31.1. The van der Waals surface area contributed by atoms with E-state index in [0.717, 1.165) is 44.3 Å². The van der Waals surface area contributed by atoms with Crippen molar-refractivity contribution in [2.75, 3.05) is 11.9 Å². The van der Waals surface area contributed by atoms with Crippen molar-refractivity contribution in [2.24, 2.45) is 0 Å². The van der Waals surface area contributed by atoms with E-state index in [1.54, 1.807) is 12.1 Å². The van der Waals surface area contributed by atoms with E-state index in [9.17, 15) is 19.8 Å². The van der Waals surface area contributed by atoms with E-state index >= 15 is 0 Å². The van der Waals surface area contributed by atoms with Crippen molar-refractivity contribution in [2.45, 2.75) is 64.4 Å². The first kappa shape index (κ1) is 37.3. The molecule has 274 valence electrons. The predicted molar refractivity (Wildman–Crippen MR) is 214 cm³/mol. The van der Waals surface area contributed by atoms with Crippen molar-refractivity contribution in [1.29, 1.82) is 0 Å². The second kappa shape index (κ2) is 15.6. The van der Waals surface area contributed by atoms with Crippen molar-refractivity contribution in [3.05, 3.63) is 130 Å². The van der Waals surface area contributed by atoms with Crippen LogP contribution in [0.4, 0.5) is 10.5 Å². The Balaban J connectivity index is 1.11. The number of allylic oxidation sites excluding steroid dienone is 1. The molecule has 6 aromatic rings. The van der Waals surface area contributed by atoms with Gasteiger partial charge in [-0.2, -0.15) is 0 Å². The molecule has 1 unspecified atom stereocenters. The van der Waals surface area contributed by atoms with Crippen molar-refractivity contribution < 1.29 is 23.9 Å². The number of aromatic nitrogens is 2. The molecule has 6 rings (SSSR count). The number of oxazole rings is 1. The zero-order valence-electron chi connectivity index (χ0n) is 30.7. The van der Waals surface area contributed by atoms with Crippen LogP contribution in [0.25, 0.3) is 39.2 Å². The van der Waals surface area contributed by atoms with E-state index < -0.39 is 14.4 Å². The number of fused-ring (bicyclic) bond motifs is 2. The number of aromatic hydroxyl groups is 1. The van der Waals surface area contributed by atoms with Crippen molar-refractivity contribution in [3.8, 4) is 16.9 Å². The summed E-state index contributed by atoms with van der Waals surface area (Å²) in [5.74, 6) is 0.664. The lowest BCUT2D eigenvalue weighted by atomic mass is 10.0. The molecule has 0 saturated heterocycles. The molecule has 0 aliphatic carbocycles. The minimum absolute atomic E-state index is 0.0190. The Morgan fingerprint density at radius 2 is 1.81 bits per heavy atom. The molecule has 0 spiro atoms. The molecule has 1 amide bonds. The lowest BCUT2D eigenvalue weighted by Gasteiger charge is -2.39. The van der Waals surface area contributed by atoms with E-state index in [0.29, 0.717) is 43.0 Å². The fraction of sp³-hybridized carbons (Fsp3) is 0.262. The highest BCUT2D eigenvalue weighted by Crippen LogP contribution is 2.41. The average molecular weight is 731 g/mol. The summed E-state index contributed by atoms with van der Waals surface area (Å²) >= 11 is 0. The Bertz CT molecular complexity index is 2320. The third kappa shape index (κ3) is 8.94. The average Bonchev–Trinajstić information content (AvgIpc) is 3.52. The van der Waals surface area contributed by atoms with Crippen molar-refractivity contribution in [1.82, 2.24) is 15.3 Å². The Kier molecular flexibility index (Phi) is 11.0. The van der Waals surface area contributed by atoms with Crippen LogP contribution < -0.4 is 16.2 Å². The highest BCUT2D eigenvalue weighted by molar-refractivity contribution is 6.74. The molecule has 0 aliphatic heterocycles. The molecule has 0 saturated carbocycles. The molecular weight excluding hydrogens is 685 g/mol. The summed E-state index contributed by atoms with van der Waals surface area (Å²) < 4.78 is 13.0. The number of pyridine rings is 1. The van der Waals surface area contributed by atoms with Crippen LogP contribution in [0.2, 0.25) is 18.1 Å². The number of phenols is 1. The Morgan fingerprint density at radius 3 is 2.57 bits per heavy atom. The topological polar surface area (TPSA) is 150 Å². The molecule has 4 aromatic carbocycles. The Morgan fingerprint density at radius 1 is 1.02 bits per heavy atom. The minimum atomic E-state index is -2.21. The third-order valence-electron chi connectivity index (χ3n) is 9.86. The summed E-state index contributed by atoms with van der Waals surface area (Å²) in [7, 11) is -2.21. The number of rotatable bonds is 13. The van der Waals surface area contributed by atoms with Crippen LogP contribution in [-0.2, 0) is 17.4 Å². The van der Waals surface area contributed by atoms with E-state index in [2.05, 4.69) is 49.5 Å². The van der Waals surface area contributed by atoms with Gasteiger partial charge in [0.05, 0.1) is 17.3 Å². The highest BCUT2D eigenvalue weighted by Gasteiger charge is 2.39. The summed E-state index contributed by atoms with van der Waals surface area (Å²) in [5, 5.41) is 26.7. The number of nitrogens with zero attached hydrogens (tertiary/aromatic N) is 1. The number of aryl methyl sites for hydroxylation is 1. The highest BCUT2D eigenvalue weighted by atomic mass is 28.4. The van der Waals surface area contributed by atoms with Crippen LogP contribution in [0.15, 0.2) is 106 Å². The molecule has 2 heterocycles. The van der Waals surface area contributed by atoms with E-state index in [-0.39, 0.29) is 22.5 Å². The zero-order chi connectivity index (χ0) is 37.8. The maximum Gasteiger partial charge on any atom is 0.409 e. The number of H-pyrrole nitrogens is 1. The van der Waals surface area contributed by atoms with Gasteiger partial charge in [0, 0.05) is 36.5 Å². The molecule has 1 atom stereocenters. The van der Waals surface area contributed by atoms with Gasteiger partial charge >= 0.3 is 6.09 Å². The molecule has 10 nitrogen and oxygen atoms in total. The van der Waals surface area contributed by atoms with Crippen LogP contribution in [0, 0.1) is 0 Å². The predicted octanol–water partition coefficient (Wildman–Crippen LogP) is 9.63. The van der Waals surface area contributed by atoms with E-state index in [4.69, 9.17) is 13.8 Å². The first-order valence-electron chi connectivity index (χ1n) is 17.8. The molecular formula is C42H46N4O6Si.